The van der Waals surface area contributed by atoms with Crippen molar-refractivity contribution in [1.82, 2.24) is 33.9 Å². The summed E-state index contributed by atoms with van der Waals surface area (Å²) in [5, 5.41) is 13.7. The molecule has 0 radical (unpaired) electrons. The number of aryl methyl sites for hydroxylation is 2. The number of piperazine rings is 1. The summed E-state index contributed by atoms with van der Waals surface area (Å²) in [5.41, 5.74) is 0.843. The van der Waals surface area contributed by atoms with Crippen molar-refractivity contribution in [1.29, 1.82) is 0 Å². The number of fused-ring (bicyclic) bond motifs is 1. The summed E-state index contributed by atoms with van der Waals surface area (Å²) in [6, 6.07) is 4.51. The number of aromatic carboxylic acids is 1. The Balaban J connectivity index is 1.45. The van der Waals surface area contributed by atoms with E-state index in [1.807, 2.05) is 13.8 Å². The Morgan fingerprint density at radius 3 is 2.46 bits per heavy atom. The maximum atomic E-state index is 13.7. The number of hydrogen-bond donors (Lipinski definition) is 2. The van der Waals surface area contributed by atoms with Gasteiger partial charge in [0.2, 0.25) is 16.0 Å². The van der Waals surface area contributed by atoms with E-state index in [1.54, 1.807) is 17.9 Å². The molecular weight excluding hydrogens is 552 g/mol. The molecule has 1 saturated heterocycles. The number of aromatic amines is 1. The van der Waals surface area contributed by atoms with Gasteiger partial charge in [-0.05, 0) is 38.5 Å². The van der Waals surface area contributed by atoms with Crippen molar-refractivity contribution in [2.75, 3.05) is 37.7 Å². The number of H-pyrrole nitrogens is 1. The molecule has 1 aromatic carbocycles. The minimum atomic E-state index is -3.92. The summed E-state index contributed by atoms with van der Waals surface area (Å²) in [6.45, 7) is 6.88. The first-order chi connectivity index (χ1) is 19.6. The molecular formula is C26H30N8O6S. The van der Waals surface area contributed by atoms with Crippen LogP contribution < -0.4 is 15.2 Å². The minimum absolute atomic E-state index is 0.0268. The summed E-state index contributed by atoms with van der Waals surface area (Å²) >= 11 is 0. The first kappa shape index (κ1) is 28.2. The summed E-state index contributed by atoms with van der Waals surface area (Å²) < 4.78 is 36.0. The Labute approximate surface area is 235 Å². The van der Waals surface area contributed by atoms with Crippen molar-refractivity contribution in [2.45, 2.75) is 38.5 Å². The van der Waals surface area contributed by atoms with Gasteiger partial charge in [0.15, 0.2) is 11.3 Å². The first-order valence-electron chi connectivity index (χ1n) is 13.2. The van der Waals surface area contributed by atoms with E-state index in [-0.39, 0.29) is 34.9 Å². The predicted molar refractivity (Wildman–Crippen MR) is 149 cm³/mol. The van der Waals surface area contributed by atoms with E-state index in [4.69, 9.17) is 9.84 Å². The molecule has 3 aromatic heterocycles. The van der Waals surface area contributed by atoms with Crippen molar-refractivity contribution in [3.8, 4) is 17.1 Å². The quantitative estimate of drug-likeness (QED) is 0.294. The normalized spacial score (nSPS) is 14.5. The van der Waals surface area contributed by atoms with Gasteiger partial charge in [0.1, 0.15) is 11.6 Å². The summed E-state index contributed by atoms with van der Waals surface area (Å²) in [7, 11) is -3.92. The molecule has 0 unspecified atom stereocenters. The van der Waals surface area contributed by atoms with E-state index in [0.29, 0.717) is 60.4 Å². The Morgan fingerprint density at radius 1 is 1.12 bits per heavy atom. The van der Waals surface area contributed by atoms with Crippen LogP contribution in [0.25, 0.3) is 16.9 Å². The van der Waals surface area contributed by atoms with Crippen LogP contribution in [-0.4, -0.2) is 86.1 Å². The highest BCUT2D eigenvalue weighted by atomic mass is 32.2. The highest BCUT2D eigenvalue weighted by Gasteiger charge is 2.30. The van der Waals surface area contributed by atoms with Crippen LogP contribution in [0.3, 0.4) is 0 Å². The van der Waals surface area contributed by atoms with Gasteiger partial charge in [-0.3, -0.25) is 4.79 Å². The number of carbonyl (C=O) groups is 1. The molecule has 15 heteroatoms. The molecule has 1 fully saturated rings. The van der Waals surface area contributed by atoms with E-state index in [9.17, 15) is 18.0 Å². The topological polar surface area (TPSA) is 176 Å². The Morgan fingerprint density at radius 2 is 1.83 bits per heavy atom. The van der Waals surface area contributed by atoms with E-state index >= 15 is 0 Å². The number of anilines is 1. The van der Waals surface area contributed by atoms with Crippen molar-refractivity contribution < 1.29 is 23.1 Å². The molecule has 0 amide bonds. The van der Waals surface area contributed by atoms with Gasteiger partial charge in [-0.1, -0.05) is 6.92 Å². The lowest BCUT2D eigenvalue weighted by Crippen LogP contribution is -2.49. The zero-order valence-electron chi connectivity index (χ0n) is 22.9. The Kier molecular flexibility index (Phi) is 7.73. The number of ether oxygens (including phenoxy) is 1. The van der Waals surface area contributed by atoms with Crippen LogP contribution in [0.4, 0.5) is 5.95 Å². The lowest BCUT2D eigenvalue weighted by Gasteiger charge is -2.34. The van der Waals surface area contributed by atoms with E-state index < -0.39 is 16.0 Å². The molecule has 0 saturated carbocycles. The third-order valence-corrected chi connectivity index (χ3v) is 8.66. The number of rotatable bonds is 9. The second kappa shape index (κ2) is 11.2. The molecule has 0 atom stereocenters. The predicted octanol–water partition coefficient (Wildman–Crippen LogP) is 1.74. The van der Waals surface area contributed by atoms with E-state index in [2.05, 4.69) is 25.0 Å². The maximum absolute atomic E-state index is 13.7. The molecule has 41 heavy (non-hydrogen) atoms. The van der Waals surface area contributed by atoms with Crippen molar-refractivity contribution >= 4 is 27.5 Å². The molecule has 0 spiro atoms. The number of carboxylic acid groups (broad SMARTS) is 1. The first-order valence-corrected chi connectivity index (χ1v) is 14.6. The molecule has 5 rings (SSSR count). The second-order valence-corrected chi connectivity index (χ2v) is 11.4. The van der Waals surface area contributed by atoms with Crippen molar-refractivity contribution in [2.24, 2.45) is 0 Å². The number of aromatic nitrogens is 6. The van der Waals surface area contributed by atoms with E-state index in [1.165, 1.54) is 33.3 Å². The van der Waals surface area contributed by atoms with Gasteiger partial charge in [0, 0.05) is 45.0 Å². The van der Waals surface area contributed by atoms with Crippen LogP contribution in [0, 0.1) is 6.92 Å². The molecule has 4 aromatic rings. The molecule has 1 aliphatic heterocycles. The van der Waals surface area contributed by atoms with Gasteiger partial charge >= 0.3 is 5.97 Å². The highest BCUT2D eigenvalue weighted by Crippen LogP contribution is 2.32. The third-order valence-electron chi connectivity index (χ3n) is 6.77. The number of nitrogens with zero attached hydrogens (tertiary/aromatic N) is 7. The van der Waals surface area contributed by atoms with Crippen molar-refractivity contribution in [3.05, 3.63) is 58.0 Å². The van der Waals surface area contributed by atoms with Gasteiger partial charge < -0.3 is 19.7 Å². The molecule has 0 aliphatic carbocycles. The fraction of sp³-hybridized carbons (Fsp3) is 0.385. The van der Waals surface area contributed by atoms with Crippen LogP contribution in [0.5, 0.6) is 5.75 Å². The lowest BCUT2D eigenvalue weighted by molar-refractivity contribution is 0.0696. The monoisotopic (exact) mass is 582 g/mol. The molecule has 1 aliphatic rings. The fourth-order valence-electron chi connectivity index (χ4n) is 4.75. The number of benzene rings is 1. The molecule has 216 valence electrons. The van der Waals surface area contributed by atoms with Crippen molar-refractivity contribution in [3.63, 3.8) is 0 Å². The van der Waals surface area contributed by atoms with Gasteiger partial charge in [-0.25, -0.2) is 32.7 Å². The summed E-state index contributed by atoms with van der Waals surface area (Å²) in [5.74, 6) is 0.411. The fourth-order valence-corrected chi connectivity index (χ4v) is 6.20. The number of nitrogens with one attached hydrogen (secondary N) is 1. The summed E-state index contributed by atoms with van der Waals surface area (Å²) in [4.78, 5) is 41.4. The van der Waals surface area contributed by atoms with Crippen LogP contribution >= 0.6 is 0 Å². The van der Waals surface area contributed by atoms with Gasteiger partial charge in [-0.2, -0.15) is 4.31 Å². The standard InChI is InChI=1S/C26H30N8O6S/c1-4-6-21-29-16(3)22-24(35)30-23(31-34(21)22)19-13-18(7-8-20(19)40-5-2)41(38,39)33-11-9-32(10-12-33)26-27-14-17(15-28-26)25(36)37/h7-8,13-15H,4-6,9-12H2,1-3H3,(H,36,37)(H,30,31,35). The zero-order valence-corrected chi connectivity index (χ0v) is 23.7. The average molecular weight is 583 g/mol. The van der Waals surface area contributed by atoms with Crippen LogP contribution in [-0.2, 0) is 16.4 Å². The number of hydrogen-bond acceptors (Lipinski definition) is 10. The van der Waals surface area contributed by atoms with Gasteiger partial charge in [0.05, 0.1) is 28.3 Å². The maximum Gasteiger partial charge on any atom is 0.338 e. The van der Waals surface area contributed by atoms with Gasteiger partial charge in [-0.15, -0.1) is 5.10 Å². The lowest BCUT2D eigenvalue weighted by atomic mass is 10.2. The SMILES string of the molecule is CCCc1nc(C)c2c(=O)[nH]c(-c3cc(S(=O)(=O)N4CCN(c5ncc(C(=O)O)cn5)CC4)ccc3OCC)nn12. The largest absolute Gasteiger partial charge is 0.493 e. The number of sulfonamides is 1. The molecule has 0 bridgehead atoms. The summed E-state index contributed by atoms with van der Waals surface area (Å²) in [6.07, 6.45) is 3.88. The third kappa shape index (κ3) is 5.37. The van der Waals surface area contributed by atoms with E-state index in [0.717, 1.165) is 6.42 Å². The van der Waals surface area contributed by atoms with Gasteiger partial charge in [0.25, 0.3) is 5.56 Å². The second-order valence-electron chi connectivity index (χ2n) is 9.49. The Hall–Kier alpha value is -4.37. The Bertz CT molecular complexity index is 1760. The van der Waals surface area contributed by atoms with Crippen LogP contribution in [0.15, 0.2) is 40.3 Å². The van der Waals surface area contributed by atoms with Crippen LogP contribution in [0.1, 0.15) is 42.1 Å². The molecule has 2 N–H and O–H groups in total. The molecule has 4 heterocycles. The average Bonchev–Trinajstić information content (AvgIpc) is 3.28. The molecule has 14 nitrogen and oxygen atoms in total. The smallest absolute Gasteiger partial charge is 0.338 e. The minimum Gasteiger partial charge on any atom is -0.493 e. The highest BCUT2D eigenvalue weighted by molar-refractivity contribution is 7.89. The number of imidazole rings is 1. The number of carboxylic acids is 1. The van der Waals surface area contributed by atoms with Crippen LogP contribution in [0.2, 0.25) is 0 Å². The zero-order chi connectivity index (χ0) is 29.3.